The SMILES string of the molecule is CN1CC(CN)(N2CCCCC2)C1. The molecule has 0 unspecified atom stereocenters. The Morgan fingerprint density at radius 2 is 1.77 bits per heavy atom. The van der Waals surface area contributed by atoms with Gasteiger partial charge in [0.15, 0.2) is 0 Å². The predicted octanol–water partition coefficient (Wildman–Crippen LogP) is 0.115. The van der Waals surface area contributed by atoms with Gasteiger partial charge in [0.05, 0.1) is 5.54 Å². The standard InChI is InChI=1S/C10H21N3/c1-12-8-10(7-11,9-12)13-5-3-2-4-6-13/h2-9,11H2,1H3. The normalized spacial score (nSPS) is 30.0. The molecule has 76 valence electrons. The molecule has 3 nitrogen and oxygen atoms in total. The number of nitrogens with zero attached hydrogens (tertiary/aromatic N) is 2. The van der Waals surface area contributed by atoms with Crippen LogP contribution in [0.1, 0.15) is 19.3 Å². The zero-order valence-corrected chi connectivity index (χ0v) is 8.63. The van der Waals surface area contributed by atoms with Gasteiger partial charge in [0.25, 0.3) is 0 Å². The summed E-state index contributed by atoms with van der Waals surface area (Å²) in [5.41, 5.74) is 6.24. The molecule has 2 rings (SSSR count). The van der Waals surface area contributed by atoms with Crippen molar-refractivity contribution in [3.05, 3.63) is 0 Å². The third-order valence-electron chi connectivity index (χ3n) is 3.54. The van der Waals surface area contributed by atoms with Gasteiger partial charge in [0.2, 0.25) is 0 Å². The Labute approximate surface area is 80.9 Å². The molecule has 2 aliphatic heterocycles. The molecule has 0 atom stereocenters. The van der Waals surface area contributed by atoms with Crippen molar-refractivity contribution in [2.75, 3.05) is 39.8 Å². The van der Waals surface area contributed by atoms with Crippen LogP contribution in [0, 0.1) is 0 Å². The van der Waals surface area contributed by atoms with Crippen LogP contribution in [0.3, 0.4) is 0 Å². The summed E-state index contributed by atoms with van der Waals surface area (Å²) in [5, 5.41) is 0. The first-order valence-electron chi connectivity index (χ1n) is 5.40. The van der Waals surface area contributed by atoms with E-state index in [4.69, 9.17) is 5.73 Å². The molecule has 0 aromatic carbocycles. The summed E-state index contributed by atoms with van der Waals surface area (Å²) in [6.07, 6.45) is 4.14. The Balaban J connectivity index is 1.95. The lowest BCUT2D eigenvalue weighted by molar-refractivity contribution is -0.0444. The molecule has 0 radical (unpaired) electrons. The lowest BCUT2D eigenvalue weighted by Gasteiger charge is -2.55. The highest BCUT2D eigenvalue weighted by molar-refractivity contribution is 5.04. The van der Waals surface area contributed by atoms with Crippen molar-refractivity contribution in [2.45, 2.75) is 24.8 Å². The Hall–Kier alpha value is -0.120. The smallest absolute Gasteiger partial charge is 0.0586 e. The number of piperidine rings is 1. The summed E-state index contributed by atoms with van der Waals surface area (Å²) in [6, 6.07) is 0. The van der Waals surface area contributed by atoms with Crippen molar-refractivity contribution in [2.24, 2.45) is 5.73 Å². The van der Waals surface area contributed by atoms with E-state index in [1.165, 1.54) is 45.4 Å². The van der Waals surface area contributed by atoms with Crippen molar-refractivity contribution in [1.82, 2.24) is 9.80 Å². The first-order chi connectivity index (χ1) is 6.27. The summed E-state index contributed by atoms with van der Waals surface area (Å²) in [5.74, 6) is 0. The second kappa shape index (κ2) is 3.56. The van der Waals surface area contributed by atoms with Crippen molar-refractivity contribution < 1.29 is 0 Å². The topological polar surface area (TPSA) is 32.5 Å². The molecule has 2 fully saturated rings. The third-order valence-corrected chi connectivity index (χ3v) is 3.54. The Morgan fingerprint density at radius 3 is 2.23 bits per heavy atom. The fourth-order valence-electron chi connectivity index (χ4n) is 2.79. The zero-order valence-electron chi connectivity index (χ0n) is 8.63. The fraction of sp³-hybridized carbons (Fsp3) is 1.00. The minimum atomic E-state index is 0.342. The van der Waals surface area contributed by atoms with E-state index in [1.54, 1.807) is 0 Å². The number of nitrogens with two attached hydrogens (primary N) is 1. The van der Waals surface area contributed by atoms with Crippen LogP contribution in [0.4, 0.5) is 0 Å². The van der Waals surface area contributed by atoms with E-state index in [1.807, 2.05) is 0 Å². The second-order valence-electron chi connectivity index (χ2n) is 4.65. The van der Waals surface area contributed by atoms with E-state index in [-0.39, 0.29) is 0 Å². The van der Waals surface area contributed by atoms with Gasteiger partial charge in [0.1, 0.15) is 0 Å². The molecule has 0 saturated carbocycles. The molecular weight excluding hydrogens is 162 g/mol. The van der Waals surface area contributed by atoms with E-state index >= 15 is 0 Å². The summed E-state index contributed by atoms with van der Waals surface area (Å²) < 4.78 is 0. The molecule has 0 amide bonds. The first kappa shape index (κ1) is 9.44. The van der Waals surface area contributed by atoms with Gasteiger partial charge in [-0.1, -0.05) is 6.42 Å². The van der Waals surface area contributed by atoms with E-state index in [0.29, 0.717) is 5.54 Å². The third kappa shape index (κ3) is 1.60. The van der Waals surface area contributed by atoms with Gasteiger partial charge in [-0.2, -0.15) is 0 Å². The van der Waals surface area contributed by atoms with Gasteiger partial charge < -0.3 is 10.6 Å². The molecule has 2 heterocycles. The summed E-state index contributed by atoms with van der Waals surface area (Å²) in [7, 11) is 2.18. The van der Waals surface area contributed by atoms with Crippen LogP contribution in [0.25, 0.3) is 0 Å². The maximum atomic E-state index is 5.89. The van der Waals surface area contributed by atoms with E-state index in [2.05, 4.69) is 16.8 Å². The molecule has 0 aromatic rings. The fourth-order valence-corrected chi connectivity index (χ4v) is 2.79. The summed E-state index contributed by atoms with van der Waals surface area (Å²) >= 11 is 0. The minimum absolute atomic E-state index is 0.342. The van der Waals surface area contributed by atoms with Crippen molar-refractivity contribution in [3.8, 4) is 0 Å². The lowest BCUT2D eigenvalue weighted by Crippen LogP contribution is -2.72. The maximum absolute atomic E-state index is 5.89. The van der Waals surface area contributed by atoms with Crippen molar-refractivity contribution in [3.63, 3.8) is 0 Å². The van der Waals surface area contributed by atoms with Crippen LogP contribution in [0.2, 0.25) is 0 Å². The molecule has 2 aliphatic rings. The molecule has 2 saturated heterocycles. The van der Waals surface area contributed by atoms with Crippen LogP contribution in [0.15, 0.2) is 0 Å². The van der Waals surface area contributed by atoms with Gasteiger partial charge in [-0.05, 0) is 33.0 Å². The molecule has 0 aliphatic carbocycles. The summed E-state index contributed by atoms with van der Waals surface area (Å²) in [4.78, 5) is 4.98. The van der Waals surface area contributed by atoms with Crippen LogP contribution < -0.4 is 5.73 Å². The van der Waals surface area contributed by atoms with Crippen LogP contribution in [-0.2, 0) is 0 Å². The van der Waals surface area contributed by atoms with Gasteiger partial charge in [-0.3, -0.25) is 4.90 Å². The molecule has 3 heteroatoms. The van der Waals surface area contributed by atoms with E-state index in [9.17, 15) is 0 Å². The quantitative estimate of drug-likeness (QED) is 0.660. The highest BCUT2D eigenvalue weighted by atomic mass is 15.3. The number of hydrogen-bond donors (Lipinski definition) is 1. The van der Waals surface area contributed by atoms with Crippen LogP contribution >= 0.6 is 0 Å². The molecule has 0 spiro atoms. The van der Waals surface area contributed by atoms with Gasteiger partial charge in [0, 0.05) is 19.6 Å². The van der Waals surface area contributed by atoms with Crippen LogP contribution in [-0.4, -0.2) is 55.1 Å². The van der Waals surface area contributed by atoms with E-state index < -0.39 is 0 Å². The Kier molecular flexibility index (Phi) is 2.58. The monoisotopic (exact) mass is 183 g/mol. The van der Waals surface area contributed by atoms with Gasteiger partial charge >= 0.3 is 0 Å². The average Bonchev–Trinajstić information content (AvgIpc) is 2.14. The number of likely N-dealkylation sites (N-methyl/N-ethyl adjacent to an activating group) is 1. The number of likely N-dealkylation sites (tertiary alicyclic amines) is 2. The van der Waals surface area contributed by atoms with Crippen molar-refractivity contribution in [1.29, 1.82) is 0 Å². The molecule has 2 N–H and O–H groups in total. The Bertz CT molecular complexity index is 169. The molecular formula is C10H21N3. The van der Waals surface area contributed by atoms with Crippen molar-refractivity contribution >= 4 is 0 Å². The molecule has 0 aromatic heterocycles. The van der Waals surface area contributed by atoms with Crippen LogP contribution in [0.5, 0.6) is 0 Å². The average molecular weight is 183 g/mol. The lowest BCUT2D eigenvalue weighted by atomic mass is 9.86. The number of rotatable bonds is 2. The zero-order chi connectivity index (χ0) is 9.31. The predicted molar refractivity (Wildman–Crippen MR) is 54.7 cm³/mol. The number of hydrogen-bond acceptors (Lipinski definition) is 3. The Morgan fingerprint density at radius 1 is 1.15 bits per heavy atom. The molecule has 13 heavy (non-hydrogen) atoms. The highest BCUT2D eigenvalue weighted by Gasteiger charge is 2.44. The summed E-state index contributed by atoms with van der Waals surface area (Å²) in [6.45, 7) is 5.71. The van der Waals surface area contributed by atoms with Gasteiger partial charge in [-0.25, -0.2) is 0 Å². The van der Waals surface area contributed by atoms with Gasteiger partial charge in [-0.15, -0.1) is 0 Å². The molecule has 0 bridgehead atoms. The largest absolute Gasteiger partial charge is 0.329 e. The van der Waals surface area contributed by atoms with E-state index in [0.717, 1.165) is 6.54 Å². The highest BCUT2D eigenvalue weighted by Crippen LogP contribution is 2.28. The minimum Gasteiger partial charge on any atom is -0.329 e. The second-order valence-corrected chi connectivity index (χ2v) is 4.65. The first-order valence-corrected chi connectivity index (χ1v) is 5.40. The maximum Gasteiger partial charge on any atom is 0.0586 e.